The number of carbonyl (C=O) groups is 2. The first kappa shape index (κ1) is 24.4. The van der Waals surface area contributed by atoms with Gasteiger partial charge in [0, 0.05) is 18.8 Å². The maximum Gasteiger partial charge on any atom is 0.342 e. The van der Waals surface area contributed by atoms with E-state index in [0.29, 0.717) is 24.5 Å². The van der Waals surface area contributed by atoms with Crippen LogP contribution < -0.4 is 10.1 Å². The van der Waals surface area contributed by atoms with E-state index in [1.54, 1.807) is 36.4 Å². The number of anilines is 1. The number of carbonyl (C=O) groups excluding carboxylic acids is 2. The second-order valence-corrected chi connectivity index (χ2v) is 9.97. The molecule has 9 heteroatoms. The van der Waals surface area contributed by atoms with E-state index in [4.69, 9.17) is 9.47 Å². The van der Waals surface area contributed by atoms with Crippen molar-refractivity contribution >= 4 is 27.6 Å². The van der Waals surface area contributed by atoms with Crippen LogP contribution in [0.5, 0.6) is 5.75 Å². The molecule has 0 aliphatic carbocycles. The lowest BCUT2D eigenvalue weighted by Gasteiger charge is -2.16. The molecular formula is C26H26N2O6S. The van der Waals surface area contributed by atoms with Crippen LogP contribution in [0.3, 0.4) is 0 Å². The van der Waals surface area contributed by atoms with Crippen molar-refractivity contribution < 1.29 is 27.5 Å². The average molecular weight is 495 g/mol. The molecule has 0 unspecified atom stereocenters. The van der Waals surface area contributed by atoms with E-state index in [0.717, 1.165) is 18.4 Å². The van der Waals surface area contributed by atoms with Crippen molar-refractivity contribution in [3.05, 3.63) is 90.0 Å². The molecule has 1 amide bonds. The Morgan fingerprint density at radius 3 is 2.37 bits per heavy atom. The Morgan fingerprint density at radius 2 is 1.60 bits per heavy atom. The number of hydrogen-bond acceptors (Lipinski definition) is 6. The maximum absolute atomic E-state index is 12.8. The van der Waals surface area contributed by atoms with Crippen LogP contribution in [0.2, 0.25) is 0 Å². The first-order chi connectivity index (χ1) is 16.9. The van der Waals surface area contributed by atoms with Crippen LogP contribution in [0.1, 0.15) is 28.8 Å². The molecule has 1 aliphatic heterocycles. The third-order valence-electron chi connectivity index (χ3n) is 5.50. The van der Waals surface area contributed by atoms with Crippen molar-refractivity contribution in [2.45, 2.75) is 24.3 Å². The molecule has 0 atom stereocenters. The zero-order valence-corrected chi connectivity index (χ0v) is 19.9. The van der Waals surface area contributed by atoms with Gasteiger partial charge >= 0.3 is 5.97 Å². The molecule has 3 aromatic rings. The van der Waals surface area contributed by atoms with E-state index in [-0.39, 0.29) is 17.1 Å². The molecule has 1 fully saturated rings. The predicted octanol–water partition coefficient (Wildman–Crippen LogP) is 3.85. The number of para-hydroxylation sites is 1. The summed E-state index contributed by atoms with van der Waals surface area (Å²) in [6, 6.07) is 22.2. The second kappa shape index (κ2) is 11.2. The summed E-state index contributed by atoms with van der Waals surface area (Å²) < 4.78 is 37.9. The highest BCUT2D eigenvalue weighted by Gasteiger charge is 2.27. The summed E-state index contributed by atoms with van der Waals surface area (Å²) in [7, 11) is -3.61. The maximum atomic E-state index is 12.8. The molecule has 1 aliphatic rings. The molecule has 182 valence electrons. The number of amides is 1. The third-order valence-corrected chi connectivity index (χ3v) is 7.39. The van der Waals surface area contributed by atoms with Crippen LogP contribution in [0.15, 0.2) is 83.8 Å². The Balaban J connectivity index is 1.34. The minimum atomic E-state index is -3.61. The van der Waals surface area contributed by atoms with Gasteiger partial charge in [-0.3, -0.25) is 4.79 Å². The van der Waals surface area contributed by atoms with Gasteiger partial charge in [-0.2, -0.15) is 4.31 Å². The van der Waals surface area contributed by atoms with Crippen molar-refractivity contribution in [1.29, 1.82) is 0 Å². The van der Waals surface area contributed by atoms with Crippen LogP contribution in [0.4, 0.5) is 5.69 Å². The number of sulfonamides is 1. The van der Waals surface area contributed by atoms with Gasteiger partial charge in [0.05, 0.1) is 4.90 Å². The molecule has 35 heavy (non-hydrogen) atoms. The lowest BCUT2D eigenvalue weighted by Crippen LogP contribution is -2.28. The zero-order chi connectivity index (χ0) is 24.7. The molecule has 3 aromatic carbocycles. The number of esters is 1. The Kier molecular flexibility index (Phi) is 7.79. The van der Waals surface area contributed by atoms with E-state index < -0.39 is 28.5 Å². The highest BCUT2D eigenvalue weighted by atomic mass is 32.2. The second-order valence-electron chi connectivity index (χ2n) is 8.03. The minimum Gasteiger partial charge on any atom is -0.488 e. The Hall–Kier alpha value is -3.69. The van der Waals surface area contributed by atoms with Gasteiger partial charge in [-0.25, -0.2) is 13.2 Å². The molecule has 0 saturated carbocycles. The minimum absolute atomic E-state index is 0.110. The van der Waals surface area contributed by atoms with E-state index in [1.807, 2.05) is 30.3 Å². The molecule has 8 nitrogen and oxygen atoms in total. The fourth-order valence-corrected chi connectivity index (χ4v) is 5.28. The van der Waals surface area contributed by atoms with E-state index in [9.17, 15) is 18.0 Å². The Bertz CT molecular complexity index is 1290. The van der Waals surface area contributed by atoms with Gasteiger partial charge in [0.15, 0.2) is 6.61 Å². The summed E-state index contributed by atoms with van der Waals surface area (Å²) in [6.07, 6.45) is 1.67. The number of rotatable bonds is 9. The summed E-state index contributed by atoms with van der Waals surface area (Å²) in [5.74, 6) is -0.937. The molecule has 0 radical (unpaired) electrons. The van der Waals surface area contributed by atoms with Crippen molar-refractivity contribution in [2.24, 2.45) is 0 Å². The molecular weight excluding hydrogens is 468 g/mol. The molecule has 1 N–H and O–H groups in total. The number of benzene rings is 3. The molecule has 0 aromatic heterocycles. The Morgan fingerprint density at radius 1 is 0.886 bits per heavy atom. The highest BCUT2D eigenvalue weighted by Crippen LogP contribution is 2.23. The fourth-order valence-electron chi connectivity index (χ4n) is 3.71. The predicted molar refractivity (Wildman–Crippen MR) is 131 cm³/mol. The topological polar surface area (TPSA) is 102 Å². The van der Waals surface area contributed by atoms with E-state index in [2.05, 4.69) is 5.32 Å². The van der Waals surface area contributed by atoms with E-state index in [1.165, 1.54) is 16.4 Å². The number of nitrogens with zero attached hydrogens (tertiary/aromatic N) is 1. The van der Waals surface area contributed by atoms with Gasteiger partial charge < -0.3 is 14.8 Å². The van der Waals surface area contributed by atoms with Gasteiger partial charge in [0.25, 0.3) is 5.91 Å². The van der Waals surface area contributed by atoms with Gasteiger partial charge in [0.2, 0.25) is 10.0 Å². The molecule has 0 bridgehead atoms. The van der Waals surface area contributed by atoms with Crippen LogP contribution in [0.25, 0.3) is 0 Å². The molecule has 1 saturated heterocycles. The first-order valence-corrected chi connectivity index (χ1v) is 12.7. The van der Waals surface area contributed by atoms with Crippen molar-refractivity contribution in [3.63, 3.8) is 0 Å². The third kappa shape index (κ3) is 6.26. The van der Waals surface area contributed by atoms with Crippen LogP contribution >= 0.6 is 0 Å². The first-order valence-electron chi connectivity index (χ1n) is 11.3. The molecule has 4 rings (SSSR count). The van der Waals surface area contributed by atoms with Crippen molar-refractivity contribution in [1.82, 2.24) is 4.31 Å². The van der Waals surface area contributed by atoms with Crippen molar-refractivity contribution in [3.8, 4) is 5.75 Å². The van der Waals surface area contributed by atoms with Crippen LogP contribution in [0, 0.1) is 0 Å². The van der Waals surface area contributed by atoms with Crippen LogP contribution in [-0.2, 0) is 26.2 Å². The van der Waals surface area contributed by atoms with Crippen molar-refractivity contribution in [2.75, 3.05) is 25.0 Å². The lowest BCUT2D eigenvalue weighted by molar-refractivity contribution is -0.119. The van der Waals surface area contributed by atoms with Gasteiger partial charge in [-0.15, -0.1) is 0 Å². The smallest absolute Gasteiger partial charge is 0.342 e. The van der Waals surface area contributed by atoms with Crippen LogP contribution in [-0.4, -0.2) is 44.3 Å². The van der Waals surface area contributed by atoms with Gasteiger partial charge in [-0.05, 0) is 48.7 Å². The summed E-state index contributed by atoms with van der Waals surface area (Å²) in [5, 5.41) is 2.58. The van der Waals surface area contributed by atoms with Gasteiger partial charge in [0.1, 0.15) is 17.9 Å². The standard InChI is InChI=1S/C26H26N2O6S/c29-25(27-21-11-8-12-22(17-21)35(31,32)28-15-6-7-16-28)19-34-26(30)23-13-4-5-14-24(23)33-18-20-9-2-1-3-10-20/h1-5,8-14,17H,6-7,15-16,18-19H2,(H,27,29). The SMILES string of the molecule is O=C(COC(=O)c1ccccc1OCc1ccccc1)Nc1cccc(S(=O)(=O)N2CCCC2)c1. The summed E-state index contributed by atoms with van der Waals surface area (Å²) in [6.45, 7) is 0.730. The summed E-state index contributed by atoms with van der Waals surface area (Å²) >= 11 is 0. The summed E-state index contributed by atoms with van der Waals surface area (Å²) in [4.78, 5) is 25.1. The lowest BCUT2D eigenvalue weighted by atomic mass is 10.2. The van der Waals surface area contributed by atoms with Gasteiger partial charge in [-0.1, -0.05) is 48.5 Å². The molecule has 1 heterocycles. The monoisotopic (exact) mass is 494 g/mol. The zero-order valence-electron chi connectivity index (χ0n) is 19.1. The Labute approximate surface area is 204 Å². The highest BCUT2D eigenvalue weighted by molar-refractivity contribution is 7.89. The average Bonchev–Trinajstić information content (AvgIpc) is 3.43. The number of ether oxygens (including phenoxy) is 2. The largest absolute Gasteiger partial charge is 0.488 e. The fraction of sp³-hybridized carbons (Fsp3) is 0.231. The normalized spacial score (nSPS) is 13.8. The number of nitrogens with one attached hydrogen (secondary N) is 1. The summed E-state index contributed by atoms with van der Waals surface area (Å²) in [5.41, 5.74) is 1.46. The quantitative estimate of drug-likeness (QED) is 0.454. The number of hydrogen-bond donors (Lipinski definition) is 1. The van der Waals surface area contributed by atoms with E-state index >= 15 is 0 Å². The molecule has 0 spiro atoms.